The first kappa shape index (κ1) is 27.6. The molecule has 2 aliphatic heterocycles. The number of aliphatic hydroxyl groups excluding tert-OH is 1. The molecule has 1 aromatic carbocycles. The van der Waals surface area contributed by atoms with Gasteiger partial charge < -0.3 is 20.1 Å². The maximum atomic E-state index is 12.8. The number of halogens is 1. The molecule has 0 radical (unpaired) electrons. The van der Waals surface area contributed by atoms with Crippen molar-refractivity contribution < 1.29 is 14.6 Å². The molecule has 1 amide bonds. The Morgan fingerprint density at radius 2 is 1.85 bits per heavy atom. The van der Waals surface area contributed by atoms with Crippen LogP contribution in [0.25, 0.3) is 0 Å². The van der Waals surface area contributed by atoms with Crippen LogP contribution >= 0.6 is 11.6 Å². The molecule has 0 spiro atoms. The molecule has 3 fully saturated rings. The van der Waals surface area contributed by atoms with E-state index < -0.39 is 0 Å². The molecule has 0 bridgehead atoms. The molecule has 3 heterocycles. The van der Waals surface area contributed by atoms with Crippen LogP contribution in [0.2, 0.25) is 5.02 Å². The summed E-state index contributed by atoms with van der Waals surface area (Å²) in [7, 11) is 0. The molecule has 39 heavy (non-hydrogen) atoms. The number of ether oxygens (including phenoxy) is 1. The van der Waals surface area contributed by atoms with Crippen molar-refractivity contribution in [2.75, 3.05) is 31.1 Å². The van der Waals surface area contributed by atoms with E-state index in [0.29, 0.717) is 34.0 Å². The summed E-state index contributed by atoms with van der Waals surface area (Å²) in [6.45, 7) is 6.05. The topological polar surface area (TPSA) is 115 Å². The summed E-state index contributed by atoms with van der Waals surface area (Å²) in [6, 6.07) is 11.4. The Hall–Kier alpha value is -2.93. The van der Waals surface area contributed by atoms with Crippen molar-refractivity contribution in [3.05, 3.63) is 46.6 Å². The number of hydrogen-bond donors (Lipinski definition) is 2. The molecule has 1 aromatic heterocycles. The van der Waals surface area contributed by atoms with E-state index in [1.54, 1.807) is 24.3 Å². The number of nitrogens with zero attached hydrogens (tertiary/aromatic N) is 5. The molecular formula is C29H37ClN6O3. The zero-order chi connectivity index (χ0) is 27.4. The molecule has 10 heteroatoms. The number of anilines is 1. The lowest BCUT2D eigenvalue weighted by atomic mass is 9.90. The third kappa shape index (κ3) is 6.81. The van der Waals surface area contributed by atoms with Crippen LogP contribution in [0.15, 0.2) is 30.3 Å². The number of carbonyl (C=O) groups is 1. The molecule has 5 rings (SSSR count). The number of nitriles is 1. The van der Waals surface area contributed by atoms with Crippen LogP contribution in [-0.2, 0) is 0 Å². The number of amides is 1. The molecule has 0 unspecified atom stereocenters. The molecule has 9 nitrogen and oxygen atoms in total. The number of piperidine rings is 2. The van der Waals surface area contributed by atoms with Gasteiger partial charge in [0.2, 0.25) is 0 Å². The number of carbonyl (C=O) groups excluding carboxylic acids is 1. The van der Waals surface area contributed by atoms with Crippen molar-refractivity contribution >= 4 is 23.3 Å². The molecule has 2 aromatic rings. The summed E-state index contributed by atoms with van der Waals surface area (Å²) in [4.78, 5) is 17.6. The Morgan fingerprint density at radius 3 is 2.49 bits per heavy atom. The van der Waals surface area contributed by atoms with Crippen LogP contribution in [0, 0.1) is 17.2 Å². The predicted octanol–water partition coefficient (Wildman–Crippen LogP) is 3.79. The minimum atomic E-state index is -0.198. The summed E-state index contributed by atoms with van der Waals surface area (Å²) < 4.78 is 6.05. The van der Waals surface area contributed by atoms with Gasteiger partial charge in [0.1, 0.15) is 11.8 Å². The van der Waals surface area contributed by atoms with Crippen LogP contribution in [0.4, 0.5) is 5.82 Å². The van der Waals surface area contributed by atoms with Gasteiger partial charge >= 0.3 is 0 Å². The van der Waals surface area contributed by atoms with Gasteiger partial charge in [-0.1, -0.05) is 18.5 Å². The van der Waals surface area contributed by atoms with Gasteiger partial charge in [-0.25, -0.2) is 0 Å². The number of likely N-dealkylation sites (tertiary alicyclic amines) is 1. The molecule has 1 aliphatic carbocycles. The maximum absolute atomic E-state index is 12.8. The molecule has 2 N–H and O–H groups in total. The van der Waals surface area contributed by atoms with Gasteiger partial charge in [0.15, 0.2) is 11.5 Å². The molecular weight excluding hydrogens is 516 g/mol. The number of aliphatic hydroxyl groups is 1. The average Bonchev–Trinajstić information content (AvgIpc) is 2.95. The Morgan fingerprint density at radius 1 is 1.08 bits per heavy atom. The Balaban J connectivity index is 1.07. The lowest BCUT2D eigenvalue weighted by molar-refractivity contribution is 0.0398. The van der Waals surface area contributed by atoms with Gasteiger partial charge in [-0.15, -0.1) is 10.2 Å². The fourth-order valence-electron chi connectivity index (χ4n) is 6.15. The van der Waals surface area contributed by atoms with Crippen LogP contribution in [0.1, 0.15) is 67.9 Å². The van der Waals surface area contributed by atoms with Crippen molar-refractivity contribution in [1.29, 1.82) is 5.26 Å². The SMILES string of the molecule is C[C@H]1CN(c2ccc(C(=O)NC3CCC(Oc4ccc(C#N)c(Cl)c4)CC3)nn2)CC[C@@H]1N1CCC(O)CC1. The van der Waals surface area contributed by atoms with Crippen molar-refractivity contribution in [3.63, 3.8) is 0 Å². The van der Waals surface area contributed by atoms with Gasteiger partial charge in [-0.3, -0.25) is 9.69 Å². The van der Waals surface area contributed by atoms with Gasteiger partial charge in [-0.05, 0) is 75.1 Å². The number of benzene rings is 1. The zero-order valence-corrected chi connectivity index (χ0v) is 23.2. The summed E-state index contributed by atoms with van der Waals surface area (Å²) in [5, 5.41) is 31.0. The number of hydrogen-bond acceptors (Lipinski definition) is 8. The second kappa shape index (κ2) is 12.5. The highest BCUT2D eigenvalue weighted by molar-refractivity contribution is 6.31. The van der Waals surface area contributed by atoms with Crippen LogP contribution in [0.5, 0.6) is 5.75 Å². The molecule has 208 valence electrons. The quantitative estimate of drug-likeness (QED) is 0.556. The number of aromatic nitrogens is 2. The highest BCUT2D eigenvalue weighted by Crippen LogP contribution is 2.29. The third-order valence-corrected chi connectivity index (χ3v) is 8.72. The summed E-state index contributed by atoms with van der Waals surface area (Å²) in [6.07, 6.45) is 5.96. The zero-order valence-electron chi connectivity index (χ0n) is 22.4. The molecule has 1 saturated carbocycles. The average molecular weight is 553 g/mol. The summed E-state index contributed by atoms with van der Waals surface area (Å²) in [5.74, 6) is 1.77. The second-order valence-corrected chi connectivity index (χ2v) is 11.5. The highest BCUT2D eigenvalue weighted by Gasteiger charge is 2.33. The largest absolute Gasteiger partial charge is 0.490 e. The van der Waals surface area contributed by atoms with Crippen molar-refractivity contribution in [2.45, 2.75) is 76.2 Å². The first-order chi connectivity index (χ1) is 18.9. The Labute approximate surface area is 235 Å². The highest BCUT2D eigenvalue weighted by atomic mass is 35.5. The minimum Gasteiger partial charge on any atom is -0.490 e. The van der Waals surface area contributed by atoms with E-state index in [-0.39, 0.29) is 24.2 Å². The minimum absolute atomic E-state index is 0.0502. The van der Waals surface area contributed by atoms with Crippen LogP contribution in [0.3, 0.4) is 0 Å². The third-order valence-electron chi connectivity index (χ3n) is 8.41. The summed E-state index contributed by atoms with van der Waals surface area (Å²) in [5.41, 5.74) is 0.764. The normalized spacial score (nSPS) is 26.6. The number of rotatable bonds is 6. The van der Waals surface area contributed by atoms with Crippen molar-refractivity contribution in [3.8, 4) is 11.8 Å². The van der Waals surface area contributed by atoms with E-state index in [1.165, 1.54) is 0 Å². The lowest BCUT2D eigenvalue weighted by Gasteiger charge is -2.45. The van der Waals surface area contributed by atoms with E-state index in [9.17, 15) is 9.90 Å². The summed E-state index contributed by atoms with van der Waals surface area (Å²) >= 11 is 6.11. The standard InChI is InChI=1S/C29H37ClN6O3/c1-19-18-36(15-12-27(19)35-13-10-22(37)11-14-35)28-9-8-26(33-34-28)29(38)32-21-3-6-23(7-4-21)39-24-5-2-20(17-31)25(30)16-24/h2,5,8-9,16,19,21-23,27,37H,3-4,6-7,10-15,18H2,1H3,(H,32,38)/t19-,21?,23?,27-/m0/s1. The van der Waals surface area contributed by atoms with E-state index in [4.69, 9.17) is 21.6 Å². The van der Waals surface area contributed by atoms with E-state index >= 15 is 0 Å². The Kier molecular flexibility index (Phi) is 8.85. The van der Waals surface area contributed by atoms with Gasteiger partial charge in [-0.2, -0.15) is 5.26 Å². The van der Waals surface area contributed by atoms with Crippen LogP contribution in [-0.4, -0.2) is 76.6 Å². The fraction of sp³-hybridized carbons (Fsp3) is 0.586. The number of nitrogens with one attached hydrogen (secondary N) is 1. The van der Waals surface area contributed by atoms with Crippen molar-refractivity contribution in [2.24, 2.45) is 5.92 Å². The van der Waals surface area contributed by atoms with Gasteiger partial charge in [0.05, 0.1) is 22.8 Å². The fourth-order valence-corrected chi connectivity index (χ4v) is 6.37. The second-order valence-electron chi connectivity index (χ2n) is 11.1. The van der Waals surface area contributed by atoms with E-state index in [0.717, 1.165) is 76.9 Å². The van der Waals surface area contributed by atoms with Crippen molar-refractivity contribution in [1.82, 2.24) is 20.4 Å². The maximum Gasteiger partial charge on any atom is 0.272 e. The monoisotopic (exact) mass is 552 g/mol. The molecule has 3 aliphatic rings. The predicted molar refractivity (Wildman–Crippen MR) is 149 cm³/mol. The first-order valence-electron chi connectivity index (χ1n) is 14.1. The molecule has 2 atom stereocenters. The smallest absolute Gasteiger partial charge is 0.272 e. The van der Waals surface area contributed by atoms with Gasteiger partial charge in [0.25, 0.3) is 5.91 Å². The van der Waals surface area contributed by atoms with Crippen LogP contribution < -0.4 is 15.0 Å². The van der Waals surface area contributed by atoms with E-state index in [2.05, 4.69) is 38.3 Å². The van der Waals surface area contributed by atoms with E-state index in [1.807, 2.05) is 6.07 Å². The Bertz CT molecular complexity index is 1170. The lowest BCUT2D eigenvalue weighted by Crippen LogP contribution is -2.53. The molecule has 2 saturated heterocycles. The van der Waals surface area contributed by atoms with Gasteiger partial charge in [0, 0.05) is 44.3 Å². The first-order valence-corrected chi connectivity index (χ1v) is 14.5.